The highest BCUT2D eigenvalue weighted by atomic mass is 19.4. The first-order valence-electron chi connectivity index (χ1n) is 7.38. The third-order valence-electron chi connectivity index (χ3n) is 3.81. The highest BCUT2D eigenvalue weighted by Gasteiger charge is 2.31. The first-order chi connectivity index (χ1) is 10.3. The molecule has 0 unspecified atom stereocenters. The average molecular weight is 318 g/mol. The number of amides is 1. The number of rotatable bonds is 5. The number of aromatic nitrogens is 2. The third kappa shape index (κ3) is 5.32. The standard InChI is InChI=1S/C14H21F3N4O/c1-20-8-11(7-19-20)4-6-21-5-2-3-12(9-21)13(22)18-10-14(15,16)17/h7-8,12H,2-6,9-10H2,1H3,(H,18,22)/t12-/m0/s1. The summed E-state index contributed by atoms with van der Waals surface area (Å²) in [6.45, 7) is 0.931. The Morgan fingerprint density at radius 3 is 2.91 bits per heavy atom. The summed E-state index contributed by atoms with van der Waals surface area (Å²) < 4.78 is 38.1. The maximum atomic E-state index is 12.1. The zero-order valence-electron chi connectivity index (χ0n) is 12.6. The summed E-state index contributed by atoms with van der Waals surface area (Å²) in [6.07, 6.45) is 1.69. The van der Waals surface area contributed by atoms with Crippen LogP contribution in [0.15, 0.2) is 12.4 Å². The van der Waals surface area contributed by atoms with Crippen LogP contribution >= 0.6 is 0 Å². The fourth-order valence-electron chi connectivity index (χ4n) is 2.69. The Kier molecular flexibility index (Phi) is 5.44. The molecule has 1 saturated heterocycles. The summed E-state index contributed by atoms with van der Waals surface area (Å²) in [5, 5.41) is 6.08. The quantitative estimate of drug-likeness (QED) is 0.892. The lowest BCUT2D eigenvalue weighted by molar-refractivity contribution is -0.141. The molecule has 0 saturated carbocycles. The molecule has 22 heavy (non-hydrogen) atoms. The van der Waals surface area contributed by atoms with Crippen molar-refractivity contribution < 1.29 is 18.0 Å². The third-order valence-corrected chi connectivity index (χ3v) is 3.81. The molecular weight excluding hydrogens is 297 g/mol. The second kappa shape index (κ2) is 7.13. The normalized spacial score (nSPS) is 20.1. The van der Waals surface area contributed by atoms with Gasteiger partial charge in [0, 0.05) is 26.3 Å². The summed E-state index contributed by atoms with van der Waals surface area (Å²) in [5.41, 5.74) is 1.12. The molecule has 1 atom stereocenters. The van der Waals surface area contributed by atoms with Gasteiger partial charge in [0.25, 0.3) is 0 Å². The Bertz CT molecular complexity index is 501. The molecule has 1 amide bonds. The molecule has 1 N–H and O–H groups in total. The summed E-state index contributed by atoms with van der Waals surface area (Å²) in [4.78, 5) is 14.0. The van der Waals surface area contributed by atoms with Gasteiger partial charge in [-0.15, -0.1) is 0 Å². The van der Waals surface area contributed by atoms with E-state index in [1.54, 1.807) is 10.9 Å². The van der Waals surface area contributed by atoms with Crippen LogP contribution in [0.3, 0.4) is 0 Å². The predicted molar refractivity (Wildman–Crippen MR) is 75.1 cm³/mol. The lowest BCUT2D eigenvalue weighted by atomic mass is 9.97. The number of hydrogen-bond acceptors (Lipinski definition) is 3. The number of piperidine rings is 1. The van der Waals surface area contributed by atoms with E-state index in [0.717, 1.165) is 31.5 Å². The molecule has 0 spiro atoms. The molecule has 124 valence electrons. The molecule has 2 heterocycles. The first kappa shape index (κ1) is 16.8. The fourth-order valence-corrected chi connectivity index (χ4v) is 2.69. The Hall–Kier alpha value is -1.57. The molecule has 2 rings (SSSR count). The van der Waals surface area contributed by atoms with E-state index in [4.69, 9.17) is 0 Å². The van der Waals surface area contributed by atoms with Crippen molar-refractivity contribution in [2.45, 2.75) is 25.4 Å². The Morgan fingerprint density at radius 1 is 1.50 bits per heavy atom. The van der Waals surface area contributed by atoms with Crippen molar-refractivity contribution in [3.05, 3.63) is 18.0 Å². The Labute approximate surface area is 127 Å². The van der Waals surface area contributed by atoms with Crippen LogP contribution in [-0.4, -0.2) is 52.9 Å². The molecule has 0 aromatic carbocycles. The van der Waals surface area contributed by atoms with Gasteiger partial charge in [-0.3, -0.25) is 9.48 Å². The van der Waals surface area contributed by atoms with Crippen molar-refractivity contribution in [1.29, 1.82) is 0 Å². The summed E-state index contributed by atoms with van der Waals surface area (Å²) in [7, 11) is 1.85. The number of likely N-dealkylation sites (tertiary alicyclic amines) is 1. The van der Waals surface area contributed by atoms with E-state index in [2.05, 4.69) is 10.00 Å². The van der Waals surface area contributed by atoms with Crippen LogP contribution in [0.1, 0.15) is 18.4 Å². The van der Waals surface area contributed by atoms with Gasteiger partial charge in [-0.05, 0) is 31.4 Å². The minimum absolute atomic E-state index is 0.356. The van der Waals surface area contributed by atoms with Gasteiger partial charge >= 0.3 is 6.18 Å². The van der Waals surface area contributed by atoms with Crippen molar-refractivity contribution >= 4 is 5.91 Å². The largest absolute Gasteiger partial charge is 0.405 e. The van der Waals surface area contributed by atoms with Gasteiger partial charge in [-0.1, -0.05) is 0 Å². The molecular formula is C14H21F3N4O. The summed E-state index contributed by atoms with van der Waals surface area (Å²) in [6, 6.07) is 0. The molecule has 0 radical (unpaired) electrons. The van der Waals surface area contributed by atoms with Crippen molar-refractivity contribution in [3.8, 4) is 0 Å². The summed E-state index contributed by atoms with van der Waals surface area (Å²) >= 11 is 0. The molecule has 0 aliphatic carbocycles. The minimum Gasteiger partial charge on any atom is -0.347 e. The lowest BCUT2D eigenvalue weighted by Crippen LogP contribution is -2.45. The van der Waals surface area contributed by atoms with E-state index < -0.39 is 18.6 Å². The number of nitrogens with one attached hydrogen (secondary N) is 1. The Balaban J connectivity index is 1.77. The topological polar surface area (TPSA) is 50.2 Å². The van der Waals surface area contributed by atoms with Crippen LogP contribution < -0.4 is 5.32 Å². The van der Waals surface area contributed by atoms with Crippen molar-refractivity contribution in [1.82, 2.24) is 20.0 Å². The van der Waals surface area contributed by atoms with Gasteiger partial charge in [0.05, 0.1) is 12.1 Å². The van der Waals surface area contributed by atoms with Crippen LogP contribution in [0.4, 0.5) is 13.2 Å². The first-order valence-corrected chi connectivity index (χ1v) is 7.38. The molecule has 1 aliphatic rings. The average Bonchev–Trinajstić information content (AvgIpc) is 2.88. The molecule has 1 aliphatic heterocycles. The molecule has 1 aromatic heterocycles. The maximum absolute atomic E-state index is 12.1. The monoisotopic (exact) mass is 318 g/mol. The fraction of sp³-hybridized carbons (Fsp3) is 0.714. The van der Waals surface area contributed by atoms with Gasteiger partial charge in [-0.25, -0.2) is 0 Å². The maximum Gasteiger partial charge on any atom is 0.405 e. The van der Waals surface area contributed by atoms with Gasteiger partial charge in [0.2, 0.25) is 5.91 Å². The zero-order valence-corrected chi connectivity index (χ0v) is 12.6. The number of carbonyl (C=O) groups excluding carboxylic acids is 1. The number of hydrogen-bond donors (Lipinski definition) is 1. The highest BCUT2D eigenvalue weighted by molar-refractivity contribution is 5.79. The molecule has 0 bridgehead atoms. The van der Waals surface area contributed by atoms with Gasteiger partial charge in [0.1, 0.15) is 6.54 Å². The van der Waals surface area contributed by atoms with E-state index in [1.165, 1.54) is 0 Å². The van der Waals surface area contributed by atoms with Gasteiger partial charge in [0.15, 0.2) is 0 Å². The van der Waals surface area contributed by atoms with E-state index in [1.807, 2.05) is 18.6 Å². The minimum atomic E-state index is -4.36. The van der Waals surface area contributed by atoms with Crippen molar-refractivity contribution in [3.63, 3.8) is 0 Å². The van der Waals surface area contributed by atoms with Crippen LogP contribution in [0.25, 0.3) is 0 Å². The van der Waals surface area contributed by atoms with Crippen LogP contribution in [-0.2, 0) is 18.3 Å². The number of nitrogens with zero attached hydrogens (tertiary/aromatic N) is 3. The van der Waals surface area contributed by atoms with Crippen molar-refractivity contribution in [2.75, 3.05) is 26.2 Å². The second-order valence-electron chi connectivity index (χ2n) is 5.74. The lowest BCUT2D eigenvalue weighted by Gasteiger charge is -2.31. The Morgan fingerprint density at radius 2 is 2.27 bits per heavy atom. The van der Waals surface area contributed by atoms with Crippen LogP contribution in [0, 0.1) is 5.92 Å². The van der Waals surface area contributed by atoms with Gasteiger partial charge < -0.3 is 10.2 Å². The van der Waals surface area contributed by atoms with Gasteiger partial charge in [-0.2, -0.15) is 18.3 Å². The SMILES string of the molecule is Cn1cc(CCN2CCC[C@H](C(=O)NCC(F)(F)F)C2)cn1. The number of aryl methyl sites for hydroxylation is 1. The van der Waals surface area contributed by atoms with E-state index in [-0.39, 0.29) is 5.92 Å². The molecule has 8 heteroatoms. The predicted octanol–water partition coefficient (Wildman–Crippen LogP) is 1.35. The molecule has 1 aromatic rings. The smallest absolute Gasteiger partial charge is 0.347 e. The van der Waals surface area contributed by atoms with Crippen molar-refractivity contribution in [2.24, 2.45) is 13.0 Å². The van der Waals surface area contributed by atoms with E-state index in [9.17, 15) is 18.0 Å². The van der Waals surface area contributed by atoms with E-state index in [0.29, 0.717) is 13.0 Å². The van der Waals surface area contributed by atoms with E-state index >= 15 is 0 Å². The highest BCUT2D eigenvalue weighted by Crippen LogP contribution is 2.18. The zero-order chi connectivity index (χ0) is 16.2. The molecule has 1 fully saturated rings. The second-order valence-corrected chi connectivity index (χ2v) is 5.74. The summed E-state index contributed by atoms with van der Waals surface area (Å²) in [5.74, 6) is -0.853. The van der Waals surface area contributed by atoms with Crippen LogP contribution in [0.5, 0.6) is 0 Å². The molecule has 5 nitrogen and oxygen atoms in total. The number of alkyl halides is 3. The number of halogens is 3. The number of carbonyl (C=O) groups is 1. The van der Waals surface area contributed by atoms with Crippen LogP contribution in [0.2, 0.25) is 0 Å².